The molecule has 0 radical (unpaired) electrons. The van der Waals surface area contributed by atoms with Gasteiger partial charge in [0.05, 0.1) is 18.2 Å². The Morgan fingerprint density at radius 1 is 1.47 bits per heavy atom. The number of phenolic OH excluding ortho intramolecular Hbond substituents is 1. The van der Waals surface area contributed by atoms with Crippen molar-refractivity contribution in [2.24, 2.45) is 5.11 Å². The third kappa shape index (κ3) is 3.18. The Kier molecular flexibility index (Phi) is 4.47. The first-order valence-corrected chi connectivity index (χ1v) is 4.75. The molecule has 0 aromatic heterocycles. The summed E-state index contributed by atoms with van der Waals surface area (Å²) in [7, 11) is 0. The minimum absolute atomic E-state index is 0.0884. The van der Waals surface area contributed by atoms with Gasteiger partial charge in [0.15, 0.2) is 6.29 Å². The first-order chi connectivity index (χ1) is 8.10. The smallest absolute Gasteiger partial charge is 0.153 e. The lowest BCUT2D eigenvalue weighted by atomic mass is 10.0. The lowest BCUT2D eigenvalue weighted by molar-refractivity contribution is 0.0243. The standard InChI is InChI=1S/C10H11N3O4/c11-13-12-4-9(16)10(17)6-1-2-7(5-14)8(15)3-6/h1-3,5,9-10,15-17H,4H2. The van der Waals surface area contributed by atoms with Crippen LogP contribution in [0.2, 0.25) is 0 Å². The van der Waals surface area contributed by atoms with Crippen LogP contribution in [0.15, 0.2) is 23.3 Å². The summed E-state index contributed by atoms with van der Waals surface area (Å²) in [6, 6.07) is 3.89. The van der Waals surface area contributed by atoms with Gasteiger partial charge in [-0.1, -0.05) is 11.2 Å². The Labute approximate surface area is 96.6 Å². The number of hydrogen-bond donors (Lipinski definition) is 3. The fourth-order valence-corrected chi connectivity index (χ4v) is 1.29. The van der Waals surface area contributed by atoms with E-state index in [9.17, 15) is 20.1 Å². The molecule has 0 fully saturated rings. The van der Waals surface area contributed by atoms with E-state index in [1.165, 1.54) is 18.2 Å². The van der Waals surface area contributed by atoms with Crippen LogP contribution in [0.25, 0.3) is 10.4 Å². The van der Waals surface area contributed by atoms with Gasteiger partial charge >= 0.3 is 0 Å². The molecule has 0 bridgehead atoms. The largest absolute Gasteiger partial charge is 0.507 e. The number of benzene rings is 1. The van der Waals surface area contributed by atoms with Crippen LogP contribution in [0.3, 0.4) is 0 Å². The highest BCUT2D eigenvalue weighted by Gasteiger charge is 2.18. The van der Waals surface area contributed by atoms with Crippen LogP contribution in [0, 0.1) is 0 Å². The average Bonchev–Trinajstić information content (AvgIpc) is 2.34. The van der Waals surface area contributed by atoms with Gasteiger partial charge in [-0.25, -0.2) is 0 Å². The first kappa shape index (κ1) is 13.0. The maximum absolute atomic E-state index is 10.5. The van der Waals surface area contributed by atoms with Crippen molar-refractivity contribution in [3.05, 3.63) is 39.8 Å². The Morgan fingerprint density at radius 3 is 2.71 bits per heavy atom. The maximum atomic E-state index is 10.5. The first-order valence-electron chi connectivity index (χ1n) is 4.75. The fourth-order valence-electron chi connectivity index (χ4n) is 1.29. The summed E-state index contributed by atoms with van der Waals surface area (Å²) in [6.07, 6.45) is -2.10. The highest BCUT2D eigenvalue weighted by molar-refractivity contribution is 5.79. The molecule has 3 N–H and O–H groups in total. The van der Waals surface area contributed by atoms with Gasteiger partial charge < -0.3 is 15.3 Å². The number of carbonyl (C=O) groups is 1. The topological polar surface area (TPSA) is 127 Å². The maximum Gasteiger partial charge on any atom is 0.153 e. The third-order valence-electron chi connectivity index (χ3n) is 2.22. The van der Waals surface area contributed by atoms with E-state index in [-0.39, 0.29) is 23.4 Å². The number of hydrogen-bond acceptors (Lipinski definition) is 5. The monoisotopic (exact) mass is 237 g/mol. The van der Waals surface area contributed by atoms with E-state index in [0.717, 1.165) is 0 Å². The van der Waals surface area contributed by atoms with Crippen LogP contribution in [-0.4, -0.2) is 34.3 Å². The summed E-state index contributed by atoms with van der Waals surface area (Å²) in [5.74, 6) is -0.285. The van der Waals surface area contributed by atoms with Crippen molar-refractivity contribution < 1.29 is 20.1 Å². The molecule has 0 aliphatic rings. The highest BCUT2D eigenvalue weighted by Crippen LogP contribution is 2.23. The summed E-state index contributed by atoms with van der Waals surface area (Å²) >= 11 is 0. The molecule has 2 unspecified atom stereocenters. The molecular weight excluding hydrogens is 226 g/mol. The van der Waals surface area contributed by atoms with Crippen LogP contribution in [0.1, 0.15) is 22.0 Å². The number of rotatable bonds is 5. The molecule has 90 valence electrons. The Balaban J connectivity index is 2.88. The molecule has 17 heavy (non-hydrogen) atoms. The summed E-state index contributed by atoms with van der Waals surface area (Å²) in [5.41, 5.74) is 8.39. The molecule has 1 aromatic rings. The molecule has 0 saturated heterocycles. The second kappa shape index (κ2) is 5.86. The summed E-state index contributed by atoms with van der Waals surface area (Å²) in [5, 5.41) is 31.6. The van der Waals surface area contributed by atoms with Crippen LogP contribution >= 0.6 is 0 Å². The molecular formula is C10H11N3O4. The van der Waals surface area contributed by atoms with Gasteiger partial charge in [-0.2, -0.15) is 0 Å². The molecule has 1 rings (SSSR count). The second-order valence-corrected chi connectivity index (χ2v) is 3.36. The van der Waals surface area contributed by atoms with Crippen molar-refractivity contribution in [1.29, 1.82) is 0 Å². The fraction of sp³-hybridized carbons (Fsp3) is 0.300. The Hall–Kier alpha value is -2.08. The van der Waals surface area contributed by atoms with Gasteiger partial charge in [-0.3, -0.25) is 4.79 Å². The molecule has 0 aliphatic carbocycles. The zero-order valence-electron chi connectivity index (χ0n) is 8.76. The Bertz CT molecular complexity index is 457. The van der Waals surface area contributed by atoms with Crippen LogP contribution in [0.5, 0.6) is 5.75 Å². The number of aromatic hydroxyl groups is 1. The lowest BCUT2D eigenvalue weighted by Crippen LogP contribution is -2.21. The number of aliphatic hydroxyl groups excluding tert-OH is 2. The van der Waals surface area contributed by atoms with E-state index >= 15 is 0 Å². The van der Waals surface area contributed by atoms with Crippen molar-refractivity contribution >= 4 is 6.29 Å². The Morgan fingerprint density at radius 2 is 2.18 bits per heavy atom. The van der Waals surface area contributed by atoms with Crippen molar-refractivity contribution in [2.75, 3.05) is 6.54 Å². The summed E-state index contributed by atoms with van der Waals surface area (Å²) < 4.78 is 0. The van der Waals surface area contributed by atoms with Crippen LogP contribution in [-0.2, 0) is 0 Å². The number of phenols is 1. The zero-order chi connectivity index (χ0) is 12.8. The normalized spacial score (nSPS) is 13.5. The SMILES string of the molecule is [N-]=[N+]=NCC(O)C(O)c1ccc(C=O)c(O)c1. The van der Waals surface area contributed by atoms with Crippen molar-refractivity contribution in [3.8, 4) is 5.75 Å². The molecule has 0 amide bonds. The van der Waals surface area contributed by atoms with Crippen LogP contribution < -0.4 is 0 Å². The van der Waals surface area contributed by atoms with Gasteiger partial charge in [0.25, 0.3) is 0 Å². The molecule has 0 saturated carbocycles. The van der Waals surface area contributed by atoms with Gasteiger partial charge in [0, 0.05) is 4.91 Å². The van der Waals surface area contributed by atoms with E-state index in [4.69, 9.17) is 5.53 Å². The minimum Gasteiger partial charge on any atom is -0.507 e. The number of carbonyl (C=O) groups excluding carboxylic acids is 1. The lowest BCUT2D eigenvalue weighted by Gasteiger charge is -2.16. The van der Waals surface area contributed by atoms with Gasteiger partial charge in [0.1, 0.15) is 11.9 Å². The van der Waals surface area contributed by atoms with Crippen LogP contribution in [0.4, 0.5) is 0 Å². The van der Waals surface area contributed by atoms with Gasteiger partial charge in [-0.05, 0) is 23.2 Å². The minimum atomic E-state index is -1.30. The van der Waals surface area contributed by atoms with Gasteiger partial charge in [0.2, 0.25) is 0 Å². The molecule has 2 atom stereocenters. The molecule has 0 heterocycles. The van der Waals surface area contributed by atoms with E-state index < -0.39 is 12.2 Å². The van der Waals surface area contributed by atoms with E-state index in [1.807, 2.05) is 0 Å². The predicted octanol–water partition coefficient (Wildman–Crippen LogP) is 0.909. The van der Waals surface area contributed by atoms with Crippen molar-refractivity contribution in [1.82, 2.24) is 0 Å². The summed E-state index contributed by atoms with van der Waals surface area (Å²) in [6.45, 7) is -0.284. The molecule has 7 nitrogen and oxygen atoms in total. The highest BCUT2D eigenvalue weighted by atomic mass is 16.3. The molecule has 1 aromatic carbocycles. The number of nitrogens with zero attached hydrogens (tertiary/aromatic N) is 3. The average molecular weight is 237 g/mol. The quantitative estimate of drug-likeness (QED) is 0.304. The van der Waals surface area contributed by atoms with E-state index in [1.54, 1.807) is 0 Å². The molecule has 0 aliphatic heterocycles. The van der Waals surface area contributed by atoms with Gasteiger partial charge in [-0.15, -0.1) is 0 Å². The molecule has 7 heteroatoms. The van der Waals surface area contributed by atoms with Crippen molar-refractivity contribution in [2.45, 2.75) is 12.2 Å². The third-order valence-corrected chi connectivity index (χ3v) is 2.22. The second-order valence-electron chi connectivity index (χ2n) is 3.36. The summed E-state index contributed by atoms with van der Waals surface area (Å²) in [4.78, 5) is 12.9. The number of azide groups is 1. The van der Waals surface area contributed by atoms with Crippen molar-refractivity contribution in [3.63, 3.8) is 0 Å². The predicted molar refractivity (Wildman–Crippen MR) is 58.5 cm³/mol. The number of aliphatic hydroxyl groups is 2. The number of aldehydes is 1. The van der Waals surface area contributed by atoms with E-state index in [2.05, 4.69) is 10.0 Å². The molecule has 0 spiro atoms. The zero-order valence-corrected chi connectivity index (χ0v) is 8.76. The van der Waals surface area contributed by atoms with E-state index in [0.29, 0.717) is 6.29 Å².